The van der Waals surface area contributed by atoms with E-state index in [1.54, 1.807) is 22.5 Å². The number of hydrogen-bond acceptors (Lipinski definition) is 5. The van der Waals surface area contributed by atoms with E-state index in [0.717, 1.165) is 52.7 Å². The fraction of sp³-hybridized carbons (Fsp3) is 0.500. The number of fused-ring (bicyclic) bond motifs is 1. The first-order chi connectivity index (χ1) is 16.6. The first-order valence-corrected chi connectivity index (χ1v) is 13.8. The third-order valence-electron chi connectivity index (χ3n) is 6.86. The molecule has 0 unspecified atom stereocenters. The number of anilines is 1. The largest absolute Gasteiger partial charge is 0.326 e. The molecule has 4 rings (SSSR count). The zero-order valence-corrected chi connectivity index (χ0v) is 22.1. The first-order valence-electron chi connectivity index (χ1n) is 12.3. The number of piperidine rings is 1. The normalized spacial score (nSPS) is 15.1. The van der Waals surface area contributed by atoms with Crippen molar-refractivity contribution in [3.63, 3.8) is 0 Å². The predicted molar refractivity (Wildman–Crippen MR) is 138 cm³/mol. The van der Waals surface area contributed by atoms with Crippen molar-refractivity contribution < 1.29 is 13.2 Å². The minimum Gasteiger partial charge on any atom is -0.326 e. The average molecular weight is 498 g/mol. The molecule has 1 aliphatic heterocycles. The number of carbonyl (C=O) groups excluding carboxylic acids is 1. The lowest BCUT2D eigenvalue weighted by Gasteiger charge is -2.26. The Hall–Kier alpha value is -2.78. The van der Waals surface area contributed by atoms with Crippen LogP contribution in [0.5, 0.6) is 0 Å². The number of sulfonamides is 1. The van der Waals surface area contributed by atoms with E-state index >= 15 is 0 Å². The Morgan fingerprint density at radius 3 is 2.51 bits per heavy atom. The Bertz CT molecular complexity index is 1360. The van der Waals surface area contributed by atoms with Crippen LogP contribution in [0.25, 0.3) is 11.0 Å². The summed E-state index contributed by atoms with van der Waals surface area (Å²) in [5.41, 5.74) is 5.27. The molecule has 3 heterocycles. The van der Waals surface area contributed by atoms with Crippen molar-refractivity contribution in [2.24, 2.45) is 0 Å². The summed E-state index contributed by atoms with van der Waals surface area (Å²) >= 11 is 0. The van der Waals surface area contributed by atoms with E-state index in [1.165, 1.54) is 0 Å². The fourth-order valence-corrected chi connectivity index (χ4v) is 6.28. The Labute approximate surface area is 207 Å². The summed E-state index contributed by atoms with van der Waals surface area (Å²) in [7, 11) is -3.56. The number of amides is 1. The van der Waals surface area contributed by atoms with Crippen LogP contribution in [0, 0.1) is 20.8 Å². The number of pyridine rings is 1. The minimum absolute atomic E-state index is 0.155. The van der Waals surface area contributed by atoms with Crippen LogP contribution in [-0.4, -0.2) is 46.5 Å². The Balaban J connectivity index is 1.49. The van der Waals surface area contributed by atoms with Crippen molar-refractivity contribution >= 4 is 32.7 Å². The van der Waals surface area contributed by atoms with Gasteiger partial charge in [-0.1, -0.05) is 12.5 Å². The zero-order valence-electron chi connectivity index (χ0n) is 21.3. The van der Waals surface area contributed by atoms with Gasteiger partial charge in [0, 0.05) is 42.3 Å². The molecule has 35 heavy (non-hydrogen) atoms. The third-order valence-corrected chi connectivity index (χ3v) is 8.76. The SMILES string of the molecule is Cc1ccc(S(=O)(=O)N2CCCCC2)cc1NC(=O)CCc1c(C)nc2c(cnn2C(C)C)c1C. The average Bonchev–Trinajstić information content (AvgIpc) is 3.25. The minimum atomic E-state index is -3.56. The van der Waals surface area contributed by atoms with E-state index in [-0.39, 0.29) is 23.3 Å². The summed E-state index contributed by atoms with van der Waals surface area (Å²) in [6, 6.07) is 5.18. The van der Waals surface area contributed by atoms with Crippen LogP contribution in [0.1, 0.15) is 68.0 Å². The van der Waals surface area contributed by atoms with Gasteiger partial charge >= 0.3 is 0 Å². The van der Waals surface area contributed by atoms with Crippen LogP contribution in [0.4, 0.5) is 5.69 Å². The molecule has 1 amide bonds. The van der Waals surface area contributed by atoms with E-state index in [0.29, 0.717) is 25.2 Å². The molecule has 0 radical (unpaired) electrons. The van der Waals surface area contributed by atoms with Crippen molar-refractivity contribution in [3.8, 4) is 0 Å². The maximum Gasteiger partial charge on any atom is 0.243 e. The summed E-state index contributed by atoms with van der Waals surface area (Å²) in [4.78, 5) is 17.9. The van der Waals surface area contributed by atoms with E-state index < -0.39 is 10.0 Å². The van der Waals surface area contributed by atoms with Crippen LogP contribution >= 0.6 is 0 Å². The molecule has 0 spiro atoms. The number of rotatable bonds is 7. The number of carbonyl (C=O) groups is 1. The van der Waals surface area contributed by atoms with Gasteiger partial charge in [0.15, 0.2) is 5.65 Å². The molecule has 0 bridgehead atoms. The molecular formula is C26H35N5O3S. The van der Waals surface area contributed by atoms with Crippen LogP contribution < -0.4 is 5.32 Å². The smallest absolute Gasteiger partial charge is 0.243 e. The zero-order chi connectivity index (χ0) is 25.3. The van der Waals surface area contributed by atoms with Gasteiger partial charge in [-0.25, -0.2) is 18.1 Å². The van der Waals surface area contributed by atoms with Crippen LogP contribution in [0.3, 0.4) is 0 Å². The van der Waals surface area contributed by atoms with Crippen molar-refractivity contribution in [3.05, 3.63) is 46.8 Å². The number of aryl methyl sites for hydroxylation is 3. The summed E-state index contributed by atoms with van der Waals surface area (Å²) in [6.45, 7) is 11.1. The van der Waals surface area contributed by atoms with Gasteiger partial charge in [0.25, 0.3) is 0 Å². The summed E-state index contributed by atoms with van der Waals surface area (Å²) < 4.78 is 29.6. The molecule has 0 saturated carbocycles. The third kappa shape index (κ3) is 5.11. The molecule has 3 aromatic rings. The van der Waals surface area contributed by atoms with Crippen molar-refractivity contribution in [2.45, 2.75) is 77.7 Å². The molecule has 188 valence electrons. The van der Waals surface area contributed by atoms with E-state index in [4.69, 9.17) is 4.98 Å². The van der Waals surface area contributed by atoms with Crippen LogP contribution in [0.2, 0.25) is 0 Å². The molecule has 1 saturated heterocycles. The van der Waals surface area contributed by atoms with Crippen LogP contribution in [-0.2, 0) is 21.2 Å². The molecule has 1 aromatic carbocycles. The van der Waals surface area contributed by atoms with E-state index in [1.807, 2.05) is 24.7 Å². The highest BCUT2D eigenvalue weighted by molar-refractivity contribution is 7.89. The van der Waals surface area contributed by atoms with E-state index in [2.05, 4.69) is 31.2 Å². The fourth-order valence-electron chi connectivity index (χ4n) is 4.74. The molecule has 8 nitrogen and oxygen atoms in total. The molecular weight excluding hydrogens is 462 g/mol. The Morgan fingerprint density at radius 2 is 1.83 bits per heavy atom. The monoisotopic (exact) mass is 497 g/mol. The van der Waals surface area contributed by atoms with Gasteiger partial charge < -0.3 is 5.32 Å². The maximum absolute atomic E-state index is 13.1. The number of aromatic nitrogens is 3. The topological polar surface area (TPSA) is 97.2 Å². The lowest BCUT2D eigenvalue weighted by atomic mass is 10.00. The molecule has 1 fully saturated rings. The molecule has 0 atom stereocenters. The van der Waals surface area contributed by atoms with Gasteiger partial charge in [-0.15, -0.1) is 0 Å². The van der Waals surface area contributed by atoms with Crippen LogP contribution in [0.15, 0.2) is 29.3 Å². The van der Waals surface area contributed by atoms with E-state index in [9.17, 15) is 13.2 Å². The number of nitrogens with zero attached hydrogens (tertiary/aromatic N) is 4. The van der Waals surface area contributed by atoms with Crippen molar-refractivity contribution in [1.82, 2.24) is 19.1 Å². The highest BCUT2D eigenvalue weighted by Crippen LogP contribution is 2.27. The first kappa shape index (κ1) is 25.3. The second-order valence-corrected chi connectivity index (χ2v) is 11.6. The highest BCUT2D eigenvalue weighted by atomic mass is 32.2. The molecule has 1 N–H and O–H groups in total. The molecule has 9 heteroatoms. The van der Waals surface area contributed by atoms with Gasteiger partial charge in [0.05, 0.1) is 11.1 Å². The summed E-state index contributed by atoms with van der Waals surface area (Å²) in [5, 5.41) is 8.42. The number of nitrogens with one attached hydrogen (secondary N) is 1. The lowest BCUT2D eigenvalue weighted by molar-refractivity contribution is -0.116. The molecule has 0 aliphatic carbocycles. The van der Waals surface area contributed by atoms with Gasteiger partial charge in [-0.05, 0) is 82.7 Å². The second-order valence-electron chi connectivity index (χ2n) is 9.71. The van der Waals surface area contributed by atoms with Gasteiger partial charge in [-0.3, -0.25) is 4.79 Å². The predicted octanol–water partition coefficient (Wildman–Crippen LogP) is 4.68. The Kier molecular flexibility index (Phi) is 7.28. The van der Waals surface area contributed by atoms with Crippen molar-refractivity contribution in [1.29, 1.82) is 0 Å². The maximum atomic E-state index is 13.1. The number of benzene rings is 1. The standard InChI is InChI=1S/C26H35N5O3S/c1-17(2)31-26-23(16-27-31)19(4)22(20(5)28-26)11-12-25(32)29-24-15-21(10-9-18(24)3)35(33,34)30-13-7-6-8-14-30/h9-10,15-17H,6-8,11-14H2,1-5H3,(H,29,32). The highest BCUT2D eigenvalue weighted by Gasteiger charge is 2.26. The molecule has 2 aromatic heterocycles. The lowest BCUT2D eigenvalue weighted by Crippen LogP contribution is -2.35. The van der Waals surface area contributed by atoms with Gasteiger partial charge in [0.2, 0.25) is 15.9 Å². The van der Waals surface area contributed by atoms with Crippen molar-refractivity contribution in [2.75, 3.05) is 18.4 Å². The quantitative estimate of drug-likeness (QED) is 0.511. The second kappa shape index (κ2) is 10.1. The summed E-state index contributed by atoms with van der Waals surface area (Å²) in [6.07, 6.45) is 5.49. The van der Waals surface area contributed by atoms with Gasteiger partial charge in [0.1, 0.15) is 0 Å². The van der Waals surface area contributed by atoms with Gasteiger partial charge in [-0.2, -0.15) is 9.40 Å². The summed E-state index contributed by atoms with van der Waals surface area (Å²) in [5.74, 6) is -0.155. The molecule has 1 aliphatic rings. The number of hydrogen-bond donors (Lipinski definition) is 1. The Morgan fingerprint density at radius 1 is 1.11 bits per heavy atom.